The van der Waals surface area contributed by atoms with Crippen molar-refractivity contribution in [2.24, 2.45) is 13.0 Å². The Hall–Kier alpha value is -1.95. The van der Waals surface area contributed by atoms with Gasteiger partial charge in [-0.25, -0.2) is 9.67 Å². The molecule has 0 spiro atoms. The van der Waals surface area contributed by atoms with E-state index < -0.39 is 0 Å². The molecule has 0 atom stereocenters. The van der Waals surface area contributed by atoms with E-state index in [1.807, 2.05) is 20.0 Å². The third-order valence-corrected chi connectivity index (χ3v) is 2.69. The Balaban J connectivity index is 2.00. The van der Waals surface area contributed by atoms with Gasteiger partial charge >= 0.3 is 0 Å². The molecule has 0 amide bonds. The molecule has 0 unspecified atom stereocenters. The number of nitrogens with zero attached hydrogens (tertiary/aromatic N) is 4. The van der Waals surface area contributed by atoms with Crippen molar-refractivity contribution in [2.75, 3.05) is 6.54 Å². The Kier molecular flexibility index (Phi) is 4.68. The molecule has 2 aromatic rings. The molecular weight excluding hydrogens is 254 g/mol. The van der Waals surface area contributed by atoms with Gasteiger partial charge in [0.05, 0.1) is 17.6 Å². The lowest BCUT2D eigenvalue weighted by Crippen LogP contribution is -2.19. The summed E-state index contributed by atoms with van der Waals surface area (Å²) >= 11 is 0. The van der Waals surface area contributed by atoms with Gasteiger partial charge in [0.25, 0.3) is 0 Å². The monoisotopic (exact) mass is 275 g/mol. The van der Waals surface area contributed by atoms with Crippen molar-refractivity contribution in [3.8, 4) is 11.8 Å². The lowest BCUT2D eigenvalue weighted by molar-refractivity contribution is 0.410. The summed E-state index contributed by atoms with van der Waals surface area (Å²) in [5, 5.41) is 7.56. The molecule has 0 aromatic carbocycles. The van der Waals surface area contributed by atoms with Crippen LogP contribution in [-0.2, 0) is 13.6 Å². The summed E-state index contributed by atoms with van der Waals surface area (Å²) in [4.78, 5) is 8.58. The van der Waals surface area contributed by atoms with Crippen LogP contribution < -0.4 is 10.1 Å². The van der Waals surface area contributed by atoms with Gasteiger partial charge in [-0.2, -0.15) is 5.10 Å². The smallest absolute Gasteiger partial charge is 0.240 e. The van der Waals surface area contributed by atoms with Crippen molar-refractivity contribution in [3.05, 3.63) is 29.8 Å². The highest BCUT2D eigenvalue weighted by Gasteiger charge is 2.06. The van der Waals surface area contributed by atoms with Crippen molar-refractivity contribution < 1.29 is 4.74 Å². The Morgan fingerprint density at radius 1 is 1.35 bits per heavy atom. The normalized spacial score (nSPS) is 11.1. The highest BCUT2D eigenvalue weighted by atomic mass is 16.5. The summed E-state index contributed by atoms with van der Waals surface area (Å²) < 4.78 is 7.38. The number of rotatable bonds is 6. The maximum absolute atomic E-state index is 5.70. The fourth-order valence-corrected chi connectivity index (χ4v) is 1.80. The quantitative estimate of drug-likeness (QED) is 0.874. The summed E-state index contributed by atoms with van der Waals surface area (Å²) in [5.74, 6) is 1.75. The first-order valence-electron chi connectivity index (χ1n) is 6.74. The van der Waals surface area contributed by atoms with Crippen molar-refractivity contribution in [1.82, 2.24) is 25.1 Å². The Labute approximate surface area is 119 Å². The first kappa shape index (κ1) is 14.5. The molecule has 0 fully saturated rings. The van der Waals surface area contributed by atoms with E-state index in [-0.39, 0.29) is 0 Å². The van der Waals surface area contributed by atoms with E-state index in [4.69, 9.17) is 4.74 Å². The third-order valence-electron chi connectivity index (χ3n) is 2.69. The fraction of sp³-hybridized carbons (Fsp3) is 0.500. The Morgan fingerprint density at radius 3 is 2.80 bits per heavy atom. The van der Waals surface area contributed by atoms with E-state index in [0.717, 1.165) is 17.9 Å². The SMILES string of the molecule is Cc1cc(Oc2cncc(CNCC(C)C)n2)n(C)n1. The van der Waals surface area contributed by atoms with Gasteiger partial charge in [0.2, 0.25) is 11.8 Å². The molecule has 2 rings (SSSR count). The Morgan fingerprint density at radius 2 is 2.15 bits per heavy atom. The molecule has 0 saturated carbocycles. The van der Waals surface area contributed by atoms with Gasteiger partial charge < -0.3 is 10.1 Å². The average Bonchev–Trinajstić information content (AvgIpc) is 2.68. The van der Waals surface area contributed by atoms with Crippen molar-refractivity contribution in [2.45, 2.75) is 27.3 Å². The van der Waals surface area contributed by atoms with E-state index in [1.54, 1.807) is 17.1 Å². The molecule has 0 aliphatic carbocycles. The number of aromatic nitrogens is 4. The first-order valence-corrected chi connectivity index (χ1v) is 6.74. The van der Waals surface area contributed by atoms with Crippen LogP contribution in [0.2, 0.25) is 0 Å². The van der Waals surface area contributed by atoms with Crippen LogP contribution in [0.5, 0.6) is 11.8 Å². The average molecular weight is 275 g/mol. The second-order valence-electron chi connectivity index (χ2n) is 5.22. The van der Waals surface area contributed by atoms with Crippen LogP contribution in [-0.4, -0.2) is 26.3 Å². The zero-order valence-electron chi connectivity index (χ0n) is 12.4. The zero-order chi connectivity index (χ0) is 14.5. The van der Waals surface area contributed by atoms with Gasteiger partial charge in [-0.05, 0) is 19.4 Å². The molecule has 1 N–H and O–H groups in total. The number of ether oxygens (including phenoxy) is 1. The minimum atomic E-state index is 0.483. The van der Waals surface area contributed by atoms with Crippen LogP contribution in [0.4, 0.5) is 0 Å². The first-order chi connectivity index (χ1) is 9.54. The molecule has 0 saturated heterocycles. The fourth-order valence-electron chi connectivity index (χ4n) is 1.80. The summed E-state index contributed by atoms with van der Waals surface area (Å²) in [7, 11) is 1.84. The standard InChI is InChI=1S/C14H21N5O/c1-10(2)6-15-7-12-8-16-9-13(17-12)20-14-5-11(3)18-19(14)4/h5,8-10,15H,6-7H2,1-4H3. The lowest BCUT2D eigenvalue weighted by Gasteiger charge is -2.08. The van der Waals surface area contributed by atoms with Gasteiger partial charge in [-0.15, -0.1) is 0 Å². The Bertz CT molecular complexity index is 564. The molecule has 0 bridgehead atoms. The predicted octanol–water partition coefficient (Wildman–Crippen LogP) is 2.06. The highest BCUT2D eigenvalue weighted by molar-refractivity contribution is 5.20. The van der Waals surface area contributed by atoms with Gasteiger partial charge in [-0.1, -0.05) is 13.8 Å². The second-order valence-corrected chi connectivity index (χ2v) is 5.22. The van der Waals surface area contributed by atoms with Crippen LogP contribution in [0.3, 0.4) is 0 Å². The molecule has 108 valence electrons. The minimum absolute atomic E-state index is 0.483. The predicted molar refractivity (Wildman–Crippen MR) is 76.6 cm³/mol. The maximum atomic E-state index is 5.70. The van der Waals surface area contributed by atoms with Crippen molar-refractivity contribution in [1.29, 1.82) is 0 Å². The van der Waals surface area contributed by atoms with Crippen molar-refractivity contribution >= 4 is 0 Å². The third kappa shape index (κ3) is 4.03. The molecule has 6 heteroatoms. The topological polar surface area (TPSA) is 64.9 Å². The number of nitrogens with one attached hydrogen (secondary N) is 1. The van der Waals surface area contributed by atoms with Crippen LogP contribution in [0.25, 0.3) is 0 Å². The number of hydrogen-bond acceptors (Lipinski definition) is 5. The molecule has 2 heterocycles. The molecular formula is C14H21N5O. The number of aryl methyl sites for hydroxylation is 2. The van der Waals surface area contributed by atoms with Crippen LogP contribution in [0.15, 0.2) is 18.5 Å². The number of hydrogen-bond donors (Lipinski definition) is 1. The lowest BCUT2D eigenvalue weighted by atomic mass is 10.2. The van der Waals surface area contributed by atoms with E-state index >= 15 is 0 Å². The van der Waals surface area contributed by atoms with Gasteiger partial charge in [0.15, 0.2) is 0 Å². The maximum Gasteiger partial charge on any atom is 0.240 e. The summed E-state index contributed by atoms with van der Waals surface area (Å²) in [5.41, 5.74) is 1.77. The minimum Gasteiger partial charge on any atom is -0.419 e. The van der Waals surface area contributed by atoms with Gasteiger partial charge in [0.1, 0.15) is 0 Å². The highest BCUT2D eigenvalue weighted by Crippen LogP contribution is 2.18. The van der Waals surface area contributed by atoms with Crippen LogP contribution in [0.1, 0.15) is 25.2 Å². The summed E-state index contributed by atoms with van der Waals surface area (Å²) in [6, 6.07) is 1.87. The van der Waals surface area contributed by atoms with E-state index in [2.05, 4.69) is 34.2 Å². The molecule has 6 nitrogen and oxygen atoms in total. The largest absolute Gasteiger partial charge is 0.419 e. The molecule has 2 aromatic heterocycles. The second kappa shape index (κ2) is 6.47. The molecule has 0 aliphatic heterocycles. The van der Waals surface area contributed by atoms with Crippen LogP contribution in [0, 0.1) is 12.8 Å². The van der Waals surface area contributed by atoms with Gasteiger partial charge in [0, 0.05) is 25.9 Å². The zero-order valence-corrected chi connectivity index (χ0v) is 12.4. The molecule has 20 heavy (non-hydrogen) atoms. The van der Waals surface area contributed by atoms with Crippen molar-refractivity contribution in [3.63, 3.8) is 0 Å². The summed E-state index contributed by atoms with van der Waals surface area (Å²) in [6.07, 6.45) is 3.35. The van der Waals surface area contributed by atoms with Gasteiger partial charge in [-0.3, -0.25) is 4.98 Å². The van der Waals surface area contributed by atoms with E-state index in [9.17, 15) is 0 Å². The van der Waals surface area contributed by atoms with Crippen LogP contribution >= 0.6 is 0 Å². The molecule has 0 aliphatic rings. The van der Waals surface area contributed by atoms with E-state index in [1.165, 1.54) is 0 Å². The van der Waals surface area contributed by atoms with E-state index in [0.29, 0.717) is 24.2 Å². The summed E-state index contributed by atoms with van der Waals surface area (Å²) in [6.45, 7) is 7.90. The molecule has 0 radical (unpaired) electrons.